The summed E-state index contributed by atoms with van der Waals surface area (Å²) < 4.78 is 59.2. The van der Waals surface area contributed by atoms with Crippen LogP contribution in [0, 0.1) is 25.5 Å². The van der Waals surface area contributed by atoms with Gasteiger partial charge in [0.25, 0.3) is 12.3 Å². The van der Waals surface area contributed by atoms with Gasteiger partial charge in [-0.2, -0.15) is 0 Å². The fourth-order valence-electron chi connectivity index (χ4n) is 2.93. The Labute approximate surface area is 176 Å². The van der Waals surface area contributed by atoms with E-state index in [4.69, 9.17) is 4.74 Å². The van der Waals surface area contributed by atoms with Gasteiger partial charge in [0.2, 0.25) is 5.88 Å². The van der Waals surface area contributed by atoms with Crippen molar-refractivity contribution in [2.24, 2.45) is 0 Å². The molecular formula is C22H19F4N3O2. The molecule has 162 valence electrons. The molecule has 0 saturated carbocycles. The van der Waals surface area contributed by atoms with Gasteiger partial charge in [0.05, 0.1) is 35.3 Å². The van der Waals surface area contributed by atoms with Crippen LogP contribution in [0.3, 0.4) is 0 Å². The monoisotopic (exact) mass is 433 g/mol. The number of nitrogens with zero attached hydrogens (tertiary/aromatic N) is 1. The molecule has 0 fully saturated rings. The molecule has 0 radical (unpaired) electrons. The smallest absolute Gasteiger partial charge is 0.266 e. The third kappa shape index (κ3) is 4.93. The van der Waals surface area contributed by atoms with E-state index in [1.165, 1.54) is 31.4 Å². The van der Waals surface area contributed by atoms with Crippen molar-refractivity contribution >= 4 is 23.0 Å². The van der Waals surface area contributed by atoms with Crippen LogP contribution < -0.4 is 15.4 Å². The molecule has 0 unspecified atom stereocenters. The van der Waals surface area contributed by atoms with Crippen molar-refractivity contribution in [2.75, 3.05) is 17.7 Å². The number of pyridine rings is 1. The minimum Gasteiger partial charge on any atom is -0.481 e. The van der Waals surface area contributed by atoms with Gasteiger partial charge in [0.15, 0.2) is 0 Å². The average molecular weight is 433 g/mol. The second-order valence-electron chi connectivity index (χ2n) is 6.74. The highest BCUT2D eigenvalue weighted by atomic mass is 19.3. The molecule has 0 aliphatic heterocycles. The molecule has 2 aromatic carbocycles. The number of rotatable bonds is 6. The topological polar surface area (TPSA) is 63.2 Å². The highest BCUT2D eigenvalue weighted by Crippen LogP contribution is 2.32. The number of alkyl halides is 2. The van der Waals surface area contributed by atoms with Gasteiger partial charge < -0.3 is 15.4 Å². The second kappa shape index (κ2) is 9.03. The van der Waals surface area contributed by atoms with Gasteiger partial charge >= 0.3 is 0 Å². The maximum atomic E-state index is 14.3. The number of benzene rings is 2. The molecule has 31 heavy (non-hydrogen) atoms. The van der Waals surface area contributed by atoms with E-state index >= 15 is 0 Å². The number of carbonyl (C=O) groups excluding carboxylic acids is 1. The maximum absolute atomic E-state index is 14.3. The van der Waals surface area contributed by atoms with Gasteiger partial charge in [-0.05, 0) is 55.8 Å². The fraction of sp³-hybridized carbons (Fsp3) is 0.182. The van der Waals surface area contributed by atoms with E-state index in [-0.39, 0.29) is 11.3 Å². The molecule has 9 heteroatoms. The SMILES string of the molecule is COc1ccc(NC(=O)c2cc(F)c(C(F)F)cc2Nc2ccc(F)cc2C)c(C)n1. The number of aryl methyl sites for hydroxylation is 2. The number of methoxy groups -OCH3 is 1. The lowest BCUT2D eigenvalue weighted by molar-refractivity contribution is 0.102. The van der Waals surface area contributed by atoms with Crippen LogP contribution in [-0.4, -0.2) is 18.0 Å². The molecule has 0 saturated heterocycles. The predicted molar refractivity (Wildman–Crippen MR) is 109 cm³/mol. The molecule has 0 aliphatic carbocycles. The molecule has 0 atom stereocenters. The van der Waals surface area contributed by atoms with Crippen LogP contribution in [0.1, 0.15) is 33.6 Å². The zero-order valence-electron chi connectivity index (χ0n) is 16.9. The summed E-state index contributed by atoms with van der Waals surface area (Å²) in [5.74, 6) is -2.09. The number of aromatic nitrogens is 1. The third-order valence-corrected chi connectivity index (χ3v) is 4.59. The first-order chi connectivity index (χ1) is 14.7. The number of nitrogens with one attached hydrogen (secondary N) is 2. The van der Waals surface area contributed by atoms with Crippen LogP contribution in [0.15, 0.2) is 42.5 Å². The molecule has 0 aliphatic rings. The number of hydrogen-bond acceptors (Lipinski definition) is 4. The van der Waals surface area contributed by atoms with E-state index in [1.807, 2.05) is 0 Å². The molecular weight excluding hydrogens is 414 g/mol. The number of amides is 1. The second-order valence-corrected chi connectivity index (χ2v) is 6.74. The summed E-state index contributed by atoms with van der Waals surface area (Å²) >= 11 is 0. The van der Waals surface area contributed by atoms with Crippen LogP contribution >= 0.6 is 0 Å². The Balaban J connectivity index is 2.01. The third-order valence-electron chi connectivity index (χ3n) is 4.59. The van der Waals surface area contributed by atoms with E-state index in [0.29, 0.717) is 28.5 Å². The van der Waals surface area contributed by atoms with E-state index in [0.717, 1.165) is 12.1 Å². The Morgan fingerprint density at radius 3 is 2.32 bits per heavy atom. The molecule has 2 N–H and O–H groups in total. The molecule has 1 amide bonds. The summed E-state index contributed by atoms with van der Waals surface area (Å²) in [7, 11) is 1.45. The highest BCUT2D eigenvalue weighted by Gasteiger charge is 2.22. The first kappa shape index (κ1) is 22.1. The molecule has 3 rings (SSSR count). The molecule has 5 nitrogen and oxygen atoms in total. The lowest BCUT2D eigenvalue weighted by Crippen LogP contribution is -2.16. The van der Waals surface area contributed by atoms with Crippen LogP contribution in [0.25, 0.3) is 0 Å². The molecule has 1 aromatic heterocycles. The number of anilines is 3. The van der Waals surface area contributed by atoms with Crippen LogP contribution in [0.5, 0.6) is 5.88 Å². The first-order valence-electron chi connectivity index (χ1n) is 9.17. The normalized spacial score (nSPS) is 10.8. The van der Waals surface area contributed by atoms with Crippen molar-refractivity contribution in [3.8, 4) is 5.88 Å². The minimum atomic E-state index is -3.08. The Morgan fingerprint density at radius 1 is 1.00 bits per heavy atom. The summed E-state index contributed by atoms with van der Waals surface area (Å²) in [6.45, 7) is 3.24. The summed E-state index contributed by atoms with van der Waals surface area (Å²) in [5, 5.41) is 5.42. The van der Waals surface area contributed by atoms with Gasteiger partial charge in [0.1, 0.15) is 11.6 Å². The summed E-state index contributed by atoms with van der Waals surface area (Å²) in [6.07, 6.45) is -3.08. The first-order valence-corrected chi connectivity index (χ1v) is 9.17. The Kier molecular flexibility index (Phi) is 6.43. The van der Waals surface area contributed by atoms with Crippen molar-refractivity contribution in [1.82, 2.24) is 4.98 Å². The Morgan fingerprint density at radius 2 is 1.71 bits per heavy atom. The largest absolute Gasteiger partial charge is 0.481 e. The van der Waals surface area contributed by atoms with Crippen molar-refractivity contribution in [3.63, 3.8) is 0 Å². The summed E-state index contributed by atoms with van der Waals surface area (Å²) in [4.78, 5) is 17.0. The lowest BCUT2D eigenvalue weighted by Gasteiger charge is -2.17. The number of ether oxygens (including phenoxy) is 1. The number of carbonyl (C=O) groups is 1. The minimum absolute atomic E-state index is 0.0527. The molecule has 0 spiro atoms. The molecule has 1 heterocycles. The van der Waals surface area contributed by atoms with Gasteiger partial charge in [0, 0.05) is 11.8 Å². The summed E-state index contributed by atoms with van der Waals surface area (Å²) in [5.41, 5.74) is 0.522. The van der Waals surface area contributed by atoms with E-state index in [2.05, 4.69) is 15.6 Å². The van der Waals surface area contributed by atoms with Crippen molar-refractivity contribution < 1.29 is 27.1 Å². The standard InChI is InChI=1S/C22H19F4N3O2/c1-11-8-13(23)4-5-17(11)28-19-10-14(21(25)26)16(24)9-15(19)22(30)29-18-6-7-20(31-3)27-12(18)2/h4-10,21,28H,1-3H3,(H,29,30). The van der Waals surface area contributed by atoms with Crippen LogP contribution in [-0.2, 0) is 0 Å². The van der Waals surface area contributed by atoms with Gasteiger partial charge in [-0.25, -0.2) is 22.5 Å². The van der Waals surface area contributed by atoms with Gasteiger partial charge in [-0.15, -0.1) is 0 Å². The van der Waals surface area contributed by atoms with Crippen LogP contribution in [0.4, 0.5) is 34.6 Å². The maximum Gasteiger partial charge on any atom is 0.266 e. The van der Waals surface area contributed by atoms with Gasteiger partial charge in [-0.3, -0.25) is 4.79 Å². The zero-order valence-corrected chi connectivity index (χ0v) is 16.9. The van der Waals surface area contributed by atoms with Crippen molar-refractivity contribution in [3.05, 3.63) is 76.5 Å². The van der Waals surface area contributed by atoms with E-state index < -0.39 is 29.5 Å². The van der Waals surface area contributed by atoms with Crippen LogP contribution in [0.2, 0.25) is 0 Å². The Bertz CT molecular complexity index is 1140. The molecule has 3 aromatic rings. The summed E-state index contributed by atoms with van der Waals surface area (Å²) in [6, 6.07) is 8.52. The predicted octanol–water partition coefficient (Wildman–Crippen LogP) is 5.92. The fourth-order valence-corrected chi connectivity index (χ4v) is 2.93. The van der Waals surface area contributed by atoms with E-state index in [1.54, 1.807) is 19.9 Å². The van der Waals surface area contributed by atoms with Gasteiger partial charge in [-0.1, -0.05) is 0 Å². The quantitative estimate of drug-likeness (QED) is 0.474. The van der Waals surface area contributed by atoms with E-state index in [9.17, 15) is 22.4 Å². The zero-order chi connectivity index (χ0) is 22.7. The lowest BCUT2D eigenvalue weighted by atomic mass is 10.1. The number of halogens is 4. The highest BCUT2D eigenvalue weighted by molar-refractivity contribution is 6.08. The molecule has 0 bridgehead atoms. The number of hydrogen-bond donors (Lipinski definition) is 2. The average Bonchev–Trinajstić information content (AvgIpc) is 2.72. The van der Waals surface area contributed by atoms with Crippen molar-refractivity contribution in [2.45, 2.75) is 20.3 Å². The Hall–Kier alpha value is -3.62. The van der Waals surface area contributed by atoms with Crippen molar-refractivity contribution in [1.29, 1.82) is 0 Å².